The van der Waals surface area contributed by atoms with Crippen molar-refractivity contribution < 1.29 is 31.2 Å². The summed E-state index contributed by atoms with van der Waals surface area (Å²) < 4.78 is 11.0. The van der Waals surface area contributed by atoms with Crippen molar-refractivity contribution in [1.82, 2.24) is 0 Å². The van der Waals surface area contributed by atoms with Crippen molar-refractivity contribution in [2.45, 2.75) is 59.7 Å². The third-order valence-corrected chi connectivity index (χ3v) is 1.19. The molecule has 0 saturated heterocycles. The van der Waals surface area contributed by atoms with E-state index in [0.717, 1.165) is 19.1 Å². The summed E-state index contributed by atoms with van der Waals surface area (Å²) in [5.74, 6) is 0. The molecule has 0 amide bonds. The number of hydrogen-bond acceptors (Lipinski definition) is 2. The Kier molecular flexibility index (Phi) is 11.4. The van der Waals surface area contributed by atoms with Gasteiger partial charge in [-0.2, -0.15) is 0 Å². The van der Waals surface area contributed by atoms with Crippen LogP contribution in [0.3, 0.4) is 0 Å². The van der Waals surface area contributed by atoms with Crippen LogP contribution >= 0.6 is 0 Å². The van der Waals surface area contributed by atoms with Crippen LogP contribution in [0.1, 0.15) is 47.5 Å². The maximum atomic E-state index is 5.50. The molecule has 13 heavy (non-hydrogen) atoms. The van der Waals surface area contributed by atoms with E-state index in [4.69, 9.17) is 9.47 Å². The third kappa shape index (κ3) is 10.6. The molecule has 0 atom stereocenters. The van der Waals surface area contributed by atoms with Gasteiger partial charge in [0.25, 0.3) is 0 Å². The van der Waals surface area contributed by atoms with Gasteiger partial charge in [-0.05, 0) is 27.7 Å². The SMILES string of the molecule is CCC[C-](OC(C)C)OC(C)C.[Ti]. The molecule has 0 aliphatic heterocycles. The van der Waals surface area contributed by atoms with E-state index >= 15 is 0 Å². The van der Waals surface area contributed by atoms with Crippen molar-refractivity contribution in [3.63, 3.8) is 0 Å². The molecule has 0 unspecified atom stereocenters. The fraction of sp³-hybridized carbons (Fsp3) is 0.900. The quantitative estimate of drug-likeness (QED) is 0.506. The van der Waals surface area contributed by atoms with Crippen molar-refractivity contribution >= 4 is 0 Å². The first kappa shape index (κ1) is 16.1. The number of rotatable bonds is 6. The molecule has 0 N–H and O–H groups in total. The standard InChI is InChI=1S/C10H21O2.Ti/c1-6-7-10(11-8(2)3)12-9(4)5;/h8-9H,6-7H2,1-5H3;/q-1;. The zero-order chi connectivity index (χ0) is 9.56. The second kappa shape index (κ2) is 9.20. The minimum absolute atomic E-state index is 0. The maximum absolute atomic E-state index is 5.50. The Labute approximate surface area is 97.3 Å². The molecule has 0 aliphatic rings. The van der Waals surface area contributed by atoms with E-state index in [2.05, 4.69) is 6.92 Å². The summed E-state index contributed by atoms with van der Waals surface area (Å²) in [5, 5.41) is 0. The van der Waals surface area contributed by atoms with Gasteiger partial charge in [0, 0.05) is 33.9 Å². The first-order chi connectivity index (χ1) is 5.56. The summed E-state index contributed by atoms with van der Waals surface area (Å²) >= 11 is 0. The van der Waals surface area contributed by atoms with Crippen LogP contribution in [0, 0.1) is 6.29 Å². The molecule has 0 radical (unpaired) electrons. The van der Waals surface area contributed by atoms with Crippen LogP contribution in [0.25, 0.3) is 0 Å². The van der Waals surface area contributed by atoms with Gasteiger partial charge in [0.1, 0.15) is 0 Å². The third-order valence-electron chi connectivity index (χ3n) is 1.19. The summed E-state index contributed by atoms with van der Waals surface area (Å²) in [6.07, 6.45) is 3.17. The smallest absolute Gasteiger partial charge is 0.0193 e. The van der Waals surface area contributed by atoms with Crippen LogP contribution < -0.4 is 0 Å². The van der Waals surface area contributed by atoms with Crippen LogP contribution in [0.5, 0.6) is 0 Å². The fourth-order valence-electron chi connectivity index (χ4n) is 0.876. The van der Waals surface area contributed by atoms with E-state index < -0.39 is 0 Å². The van der Waals surface area contributed by atoms with Crippen molar-refractivity contribution in [3.05, 3.63) is 6.29 Å². The van der Waals surface area contributed by atoms with E-state index in [1.54, 1.807) is 0 Å². The summed E-state index contributed by atoms with van der Waals surface area (Å²) in [4.78, 5) is 0. The summed E-state index contributed by atoms with van der Waals surface area (Å²) in [6.45, 7) is 10.2. The maximum Gasteiger partial charge on any atom is 0.0193 e. The second-order valence-electron chi connectivity index (χ2n) is 3.46. The second-order valence-corrected chi connectivity index (χ2v) is 3.46. The topological polar surface area (TPSA) is 18.5 Å². The largest absolute Gasteiger partial charge is 0.520 e. The summed E-state index contributed by atoms with van der Waals surface area (Å²) in [5.41, 5.74) is 0. The molecule has 78 valence electrons. The van der Waals surface area contributed by atoms with Gasteiger partial charge in [0.2, 0.25) is 0 Å². The number of hydrogen-bond donors (Lipinski definition) is 0. The molecular weight excluding hydrogens is 200 g/mol. The molecular formula is C10H21O2Ti-. The zero-order valence-corrected chi connectivity index (χ0v) is 10.9. The van der Waals surface area contributed by atoms with Gasteiger partial charge in [0.15, 0.2) is 0 Å². The molecule has 0 rings (SSSR count). The summed E-state index contributed by atoms with van der Waals surface area (Å²) in [6, 6.07) is 0. The Morgan fingerprint density at radius 3 is 1.62 bits per heavy atom. The minimum Gasteiger partial charge on any atom is -0.520 e. The van der Waals surface area contributed by atoms with Gasteiger partial charge >= 0.3 is 0 Å². The average Bonchev–Trinajstić information content (AvgIpc) is 1.84. The van der Waals surface area contributed by atoms with Gasteiger partial charge in [0.05, 0.1) is 0 Å². The van der Waals surface area contributed by atoms with Crippen LogP contribution in [0.2, 0.25) is 0 Å². The van der Waals surface area contributed by atoms with Crippen molar-refractivity contribution in [3.8, 4) is 0 Å². The molecule has 0 aromatic rings. The van der Waals surface area contributed by atoms with Gasteiger partial charge < -0.3 is 9.47 Å². The zero-order valence-electron chi connectivity index (χ0n) is 9.39. The predicted molar refractivity (Wildman–Crippen MR) is 50.6 cm³/mol. The van der Waals surface area contributed by atoms with Crippen molar-refractivity contribution in [2.75, 3.05) is 0 Å². The molecule has 0 fully saturated rings. The van der Waals surface area contributed by atoms with E-state index in [1.165, 1.54) is 0 Å². The average molecular weight is 221 g/mol. The van der Waals surface area contributed by atoms with E-state index in [1.807, 2.05) is 27.7 Å². The first-order valence-electron chi connectivity index (χ1n) is 4.75. The van der Waals surface area contributed by atoms with Crippen LogP contribution in [0.15, 0.2) is 0 Å². The van der Waals surface area contributed by atoms with Crippen molar-refractivity contribution in [2.24, 2.45) is 0 Å². The fourth-order valence-corrected chi connectivity index (χ4v) is 0.876. The molecule has 3 heteroatoms. The van der Waals surface area contributed by atoms with Crippen molar-refractivity contribution in [1.29, 1.82) is 0 Å². The first-order valence-corrected chi connectivity index (χ1v) is 4.75. The Morgan fingerprint density at radius 1 is 1.00 bits per heavy atom. The van der Waals surface area contributed by atoms with E-state index in [-0.39, 0.29) is 33.9 Å². The van der Waals surface area contributed by atoms with E-state index in [9.17, 15) is 0 Å². The molecule has 0 spiro atoms. The Hall–Kier alpha value is 0.634. The summed E-state index contributed by atoms with van der Waals surface area (Å²) in [7, 11) is 0. The minimum atomic E-state index is 0. The predicted octanol–water partition coefficient (Wildman–Crippen LogP) is 3.12. The molecule has 2 nitrogen and oxygen atoms in total. The molecule has 0 bridgehead atoms. The van der Waals surface area contributed by atoms with Crippen LogP contribution in [-0.4, -0.2) is 12.2 Å². The van der Waals surface area contributed by atoms with Crippen LogP contribution in [0.4, 0.5) is 0 Å². The monoisotopic (exact) mass is 221 g/mol. The van der Waals surface area contributed by atoms with Gasteiger partial charge in [-0.15, -0.1) is 6.42 Å². The molecule has 0 aliphatic carbocycles. The van der Waals surface area contributed by atoms with Gasteiger partial charge in [-0.3, -0.25) is 0 Å². The molecule has 0 saturated carbocycles. The Bertz CT molecular complexity index is 95.1. The normalized spacial score (nSPS) is 11.1. The number of ether oxygens (including phenoxy) is 2. The molecule has 0 aromatic carbocycles. The van der Waals surface area contributed by atoms with Crippen LogP contribution in [-0.2, 0) is 31.2 Å². The van der Waals surface area contributed by atoms with E-state index in [0.29, 0.717) is 0 Å². The van der Waals surface area contributed by atoms with Gasteiger partial charge in [-0.1, -0.05) is 19.6 Å². The van der Waals surface area contributed by atoms with Gasteiger partial charge in [-0.25, -0.2) is 0 Å². The molecule has 0 heterocycles. The molecule has 0 aromatic heterocycles. The Morgan fingerprint density at radius 2 is 1.38 bits per heavy atom. The Balaban J connectivity index is 0.